The maximum atomic E-state index is 13.6. The van der Waals surface area contributed by atoms with E-state index in [0.717, 1.165) is 31.1 Å². The Balaban J connectivity index is 1.78. The van der Waals surface area contributed by atoms with Gasteiger partial charge in [-0.3, -0.25) is 4.79 Å². The van der Waals surface area contributed by atoms with Gasteiger partial charge in [0, 0.05) is 5.41 Å². The van der Waals surface area contributed by atoms with Crippen molar-refractivity contribution in [3.05, 3.63) is 0 Å². The van der Waals surface area contributed by atoms with Gasteiger partial charge in [-0.05, 0) is 90.3 Å². The predicted octanol–water partition coefficient (Wildman–Crippen LogP) is 9.02. The summed E-state index contributed by atoms with van der Waals surface area (Å²) >= 11 is 0. The van der Waals surface area contributed by atoms with E-state index < -0.39 is 0 Å². The van der Waals surface area contributed by atoms with Crippen molar-refractivity contribution in [1.29, 1.82) is 0 Å². The Morgan fingerprint density at radius 1 is 0.971 bits per heavy atom. The number of esters is 1. The van der Waals surface area contributed by atoms with Crippen LogP contribution < -0.4 is 0 Å². The quantitative estimate of drug-likeness (QED) is 0.359. The van der Waals surface area contributed by atoms with Gasteiger partial charge >= 0.3 is 5.97 Å². The lowest BCUT2D eigenvalue weighted by Gasteiger charge is -2.50. The molecule has 0 bridgehead atoms. The molecule has 0 aromatic rings. The van der Waals surface area contributed by atoms with Crippen LogP contribution in [0.3, 0.4) is 0 Å². The van der Waals surface area contributed by atoms with Crippen LogP contribution in [0.4, 0.5) is 0 Å². The summed E-state index contributed by atoms with van der Waals surface area (Å²) in [6.45, 7) is 29.0. The van der Waals surface area contributed by atoms with E-state index in [1.807, 2.05) is 0 Å². The fourth-order valence-corrected chi connectivity index (χ4v) is 9.73. The molecule has 0 heterocycles. The molecule has 2 heteroatoms. The Hall–Kier alpha value is -0.530. The van der Waals surface area contributed by atoms with E-state index in [1.54, 1.807) is 0 Å². The summed E-state index contributed by atoms with van der Waals surface area (Å²) in [5.74, 6) is 5.48. The maximum Gasteiger partial charge on any atom is 0.309 e. The Labute approximate surface area is 212 Å². The molecule has 3 aliphatic rings. The highest BCUT2D eigenvalue weighted by molar-refractivity contribution is 5.73. The zero-order chi connectivity index (χ0) is 25.8. The summed E-state index contributed by atoms with van der Waals surface area (Å²) in [5.41, 5.74) is 0.766. The van der Waals surface area contributed by atoms with Gasteiger partial charge < -0.3 is 4.74 Å². The SMILES string of the molecule is CCC(C)(C)C(C1CC(C)C2C(C)C(C(=O)OC3CC(C)C(C)C3(C)CC)CC[C@@H]12)C(C)(C)C. The highest BCUT2D eigenvalue weighted by atomic mass is 16.5. The van der Waals surface area contributed by atoms with Gasteiger partial charge in [0.25, 0.3) is 0 Å². The number of carbonyl (C=O) groups excluding carboxylic acids is 1. The van der Waals surface area contributed by atoms with E-state index in [1.165, 1.54) is 19.3 Å². The van der Waals surface area contributed by atoms with Crippen molar-refractivity contribution in [1.82, 2.24) is 0 Å². The zero-order valence-corrected chi connectivity index (χ0v) is 24.8. The number of hydrogen-bond acceptors (Lipinski definition) is 2. The first-order valence-electron chi connectivity index (χ1n) is 14.8. The molecule has 0 radical (unpaired) electrons. The van der Waals surface area contributed by atoms with Crippen LogP contribution in [0.25, 0.3) is 0 Å². The molecule has 198 valence electrons. The average molecular weight is 475 g/mol. The van der Waals surface area contributed by atoms with E-state index in [9.17, 15) is 4.79 Å². The summed E-state index contributed by atoms with van der Waals surface area (Å²) in [7, 11) is 0. The predicted molar refractivity (Wildman–Crippen MR) is 144 cm³/mol. The van der Waals surface area contributed by atoms with Crippen molar-refractivity contribution in [3.63, 3.8) is 0 Å². The second-order valence-corrected chi connectivity index (χ2v) is 15.1. The highest BCUT2D eigenvalue weighted by Crippen LogP contribution is 2.61. The first kappa shape index (κ1) is 28.0. The molecule has 0 aromatic heterocycles. The lowest BCUT2D eigenvalue weighted by molar-refractivity contribution is -0.165. The number of ether oxygens (including phenoxy) is 1. The van der Waals surface area contributed by atoms with Crippen LogP contribution in [0.2, 0.25) is 0 Å². The van der Waals surface area contributed by atoms with Crippen molar-refractivity contribution in [2.24, 2.45) is 69.5 Å². The summed E-state index contributed by atoms with van der Waals surface area (Å²) in [5, 5.41) is 0. The van der Waals surface area contributed by atoms with E-state index in [-0.39, 0.29) is 23.4 Å². The van der Waals surface area contributed by atoms with Gasteiger partial charge in [-0.2, -0.15) is 0 Å². The minimum atomic E-state index is 0.0852. The standard InChI is InChI=1S/C32H58O2/c1-13-31(10,11)28(30(7,8)9)25-17-20(4)27-21(5)23(15-16-24(25)27)29(33)34-26-18-19(3)22(6)32(26,12)14-2/h19-28H,13-18H2,1-12H3/t19?,20?,21?,22?,23?,24-,25?,26?,27?,28?,32?/m0/s1. The fourth-order valence-electron chi connectivity index (χ4n) is 9.73. The zero-order valence-electron chi connectivity index (χ0n) is 24.8. The molecular weight excluding hydrogens is 416 g/mol. The van der Waals surface area contributed by atoms with E-state index in [0.29, 0.717) is 46.3 Å². The molecule has 3 rings (SSSR count). The summed E-state index contributed by atoms with van der Waals surface area (Å²) in [6, 6.07) is 0. The molecule has 0 N–H and O–H groups in total. The van der Waals surface area contributed by atoms with E-state index >= 15 is 0 Å². The third-order valence-corrected chi connectivity index (χ3v) is 12.1. The first-order chi connectivity index (χ1) is 15.6. The second-order valence-electron chi connectivity index (χ2n) is 15.1. The van der Waals surface area contributed by atoms with Crippen LogP contribution in [0.5, 0.6) is 0 Å². The molecule has 10 unspecified atom stereocenters. The first-order valence-corrected chi connectivity index (χ1v) is 14.8. The second kappa shape index (κ2) is 9.74. The van der Waals surface area contributed by atoms with Gasteiger partial charge in [0.2, 0.25) is 0 Å². The lowest BCUT2D eigenvalue weighted by Crippen LogP contribution is -2.45. The number of fused-ring (bicyclic) bond motifs is 1. The molecule has 0 amide bonds. The Kier molecular flexibility index (Phi) is 8.03. The van der Waals surface area contributed by atoms with Gasteiger partial charge in [-0.15, -0.1) is 0 Å². The minimum Gasteiger partial charge on any atom is -0.462 e. The topological polar surface area (TPSA) is 26.3 Å². The Bertz CT molecular complexity index is 717. The fraction of sp³-hybridized carbons (Fsp3) is 0.969. The van der Waals surface area contributed by atoms with Gasteiger partial charge in [0.15, 0.2) is 0 Å². The average Bonchev–Trinajstić information content (AvgIpc) is 3.17. The van der Waals surface area contributed by atoms with Crippen molar-refractivity contribution >= 4 is 5.97 Å². The molecule has 3 aliphatic carbocycles. The summed E-state index contributed by atoms with van der Waals surface area (Å²) in [4.78, 5) is 13.6. The molecule has 0 saturated heterocycles. The lowest BCUT2D eigenvalue weighted by atomic mass is 9.55. The van der Waals surface area contributed by atoms with Crippen LogP contribution in [0.1, 0.15) is 122 Å². The van der Waals surface area contributed by atoms with Crippen molar-refractivity contribution in [2.75, 3.05) is 0 Å². The largest absolute Gasteiger partial charge is 0.462 e. The van der Waals surface area contributed by atoms with Crippen molar-refractivity contribution < 1.29 is 9.53 Å². The number of carbonyl (C=O) groups is 1. The Morgan fingerprint density at radius 3 is 2.12 bits per heavy atom. The van der Waals surface area contributed by atoms with Crippen LogP contribution in [0.15, 0.2) is 0 Å². The molecule has 11 atom stereocenters. The molecule has 0 spiro atoms. The normalized spacial score (nSPS) is 44.1. The van der Waals surface area contributed by atoms with Crippen LogP contribution in [0, 0.1) is 69.5 Å². The van der Waals surface area contributed by atoms with Gasteiger partial charge in [0.05, 0.1) is 5.92 Å². The number of rotatable bonds is 6. The molecule has 34 heavy (non-hydrogen) atoms. The molecule has 0 aromatic carbocycles. The van der Waals surface area contributed by atoms with E-state index in [2.05, 4.69) is 83.1 Å². The molecule has 3 saturated carbocycles. The third-order valence-electron chi connectivity index (χ3n) is 12.1. The summed E-state index contributed by atoms with van der Waals surface area (Å²) < 4.78 is 6.41. The minimum absolute atomic E-state index is 0.0852. The molecule has 3 fully saturated rings. The van der Waals surface area contributed by atoms with Crippen molar-refractivity contribution in [3.8, 4) is 0 Å². The highest BCUT2D eigenvalue weighted by Gasteiger charge is 2.56. The van der Waals surface area contributed by atoms with Gasteiger partial charge in [0.1, 0.15) is 6.10 Å². The molecular formula is C32H58O2. The molecule has 0 aliphatic heterocycles. The van der Waals surface area contributed by atoms with Crippen LogP contribution in [-0.2, 0) is 9.53 Å². The number of hydrogen-bond donors (Lipinski definition) is 0. The maximum absolute atomic E-state index is 13.6. The van der Waals surface area contributed by atoms with Crippen LogP contribution >= 0.6 is 0 Å². The summed E-state index contributed by atoms with van der Waals surface area (Å²) in [6.07, 6.45) is 7.00. The van der Waals surface area contributed by atoms with Crippen LogP contribution in [-0.4, -0.2) is 12.1 Å². The molecule has 2 nitrogen and oxygen atoms in total. The van der Waals surface area contributed by atoms with Gasteiger partial charge in [-0.25, -0.2) is 0 Å². The smallest absolute Gasteiger partial charge is 0.309 e. The Morgan fingerprint density at radius 2 is 1.59 bits per heavy atom. The van der Waals surface area contributed by atoms with E-state index in [4.69, 9.17) is 4.74 Å². The van der Waals surface area contributed by atoms with Gasteiger partial charge in [-0.1, -0.05) is 89.5 Å². The van der Waals surface area contributed by atoms with Crippen molar-refractivity contribution in [2.45, 2.75) is 128 Å². The third kappa shape index (κ3) is 4.74. The monoisotopic (exact) mass is 474 g/mol.